The van der Waals surface area contributed by atoms with Gasteiger partial charge in [0.05, 0.1) is 0 Å². The third-order valence-corrected chi connectivity index (χ3v) is 5.28. The van der Waals surface area contributed by atoms with E-state index in [-0.39, 0.29) is 0 Å². The molecule has 1 N–H and O–H groups in total. The van der Waals surface area contributed by atoms with Crippen LogP contribution in [0.1, 0.15) is 45.1 Å². The molecule has 0 saturated heterocycles. The molecule has 1 aliphatic rings. The molecular weight excluding hydrogens is 312 g/mol. The Balaban J connectivity index is 2.03. The van der Waals surface area contributed by atoms with E-state index in [9.17, 15) is 0 Å². The normalized spacial score (nSPS) is 22.8. The Morgan fingerprint density at radius 2 is 1.95 bits per heavy atom. The van der Waals surface area contributed by atoms with Crippen molar-refractivity contribution in [2.45, 2.75) is 52.1 Å². The largest absolute Gasteiger partial charge is 0.372 e. The van der Waals surface area contributed by atoms with Crippen LogP contribution in [0.3, 0.4) is 0 Å². The molecule has 1 saturated carbocycles. The zero-order chi connectivity index (χ0) is 14.5. The van der Waals surface area contributed by atoms with Gasteiger partial charge in [-0.15, -0.1) is 0 Å². The zero-order valence-corrected chi connectivity index (χ0v) is 14.5. The Labute approximate surface area is 132 Å². The number of nitrogens with one attached hydrogen (secondary N) is 1. The number of anilines is 1. The van der Waals surface area contributed by atoms with Gasteiger partial charge in [-0.2, -0.15) is 0 Å². The Kier molecular flexibility index (Phi) is 5.91. The van der Waals surface area contributed by atoms with Gasteiger partial charge in [0.2, 0.25) is 0 Å². The lowest BCUT2D eigenvalue weighted by molar-refractivity contribution is 0.341. The number of benzene rings is 1. The Morgan fingerprint density at radius 3 is 2.55 bits per heavy atom. The molecule has 0 bridgehead atoms. The lowest BCUT2D eigenvalue weighted by Crippen LogP contribution is -2.34. The van der Waals surface area contributed by atoms with Crippen LogP contribution in [0.25, 0.3) is 0 Å². The maximum atomic E-state index is 3.71. The lowest BCUT2D eigenvalue weighted by Gasteiger charge is -2.35. The van der Waals surface area contributed by atoms with Gasteiger partial charge in [0, 0.05) is 29.8 Å². The summed E-state index contributed by atoms with van der Waals surface area (Å²) in [5.41, 5.74) is 2.66. The fourth-order valence-corrected chi connectivity index (χ4v) is 3.51. The minimum atomic E-state index is 0.706. The summed E-state index contributed by atoms with van der Waals surface area (Å²) < 4.78 is 1.21. The predicted octanol–water partition coefficient (Wildman–Crippen LogP) is 4.57. The molecule has 1 fully saturated rings. The quantitative estimate of drug-likeness (QED) is 0.845. The summed E-state index contributed by atoms with van der Waals surface area (Å²) in [7, 11) is 2.24. The standard InChI is InChI=1S/C17H27BrN2/c1-4-19-12-14-7-10-16(11-17(14)18)20(3)15-8-5-13(2)6-9-15/h7,10-11,13,15,19H,4-6,8-9,12H2,1-3H3. The highest BCUT2D eigenvalue weighted by atomic mass is 79.9. The number of hydrogen-bond acceptors (Lipinski definition) is 2. The van der Waals surface area contributed by atoms with Gasteiger partial charge >= 0.3 is 0 Å². The highest BCUT2D eigenvalue weighted by Gasteiger charge is 2.22. The first kappa shape index (κ1) is 15.8. The van der Waals surface area contributed by atoms with Gasteiger partial charge in [-0.05, 0) is 55.8 Å². The van der Waals surface area contributed by atoms with Crippen LogP contribution < -0.4 is 10.2 Å². The van der Waals surface area contributed by atoms with Crippen molar-refractivity contribution in [1.82, 2.24) is 5.32 Å². The van der Waals surface area contributed by atoms with Crippen molar-refractivity contribution >= 4 is 21.6 Å². The van der Waals surface area contributed by atoms with Crippen LogP contribution in [0.2, 0.25) is 0 Å². The first-order valence-corrected chi connectivity index (χ1v) is 8.63. The molecule has 2 nitrogen and oxygen atoms in total. The molecule has 0 aromatic heterocycles. The summed E-state index contributed by atoms with van der Waals surface area (Å²) in [5, 5.41) is 3.38. The Bertz CT molecular complexity index is 425. The molecular formula is C17H27BrN2. The first-order valence-electron chi connectivity index (χ1n) is 7.83. The van der Waals surface area contributed by atoms with Crippen molar-refractivity contribution in [3.8, 4) is 0 Å². The van der Waals surface area contributed by atoms with Crippen molar-refractivity contribution in [3.05, 3.63) is 28.2 Å². The van der Waals surface area contributed by atoms with Gasteiger partial charge in [0.15, 0.2) is 0 Å². The van der Waals surface area contributed by atoms with Crippen LogP contribution in [0, 0.1) is 5.92 Å². The number of nitrogens with zero attached hydrogens (tertiary/aromatic N) is 1. The van der Waals surface area contributed by atoms with Crippen LogP contribution in [-0.4, -0.2) is 19.6 Å². The zero-order valence-electron chi connectivity index (χ0n) is 13.0. The summed E-state index contributed by atoms with van der Waals surface area (Å²) in [6.45, 7) is 6.46. The number of halogens is 1. The molecule has 0 amide bonds. The summed E-state index contributed by atoms with van der Waals surface area (Å²) in [6, 6.07) is 7.47. The second-order valence-corrected chi connectivity index (χ2v) is 6.93. The van der Waals surface area contributed by atoms with Crippen molar-refractivity contribution in [2.24, 2.45) is 5.92 Å². The Morgan fingerprint density at radius 1 is 1.25 bits per heavy atom. The number of rotatable bonds is 5. The van der Waals surface area contributed by atoms with Crippen LogP contribution >= 0.6 is 15.9 Å². The summed E-state index contributed by atoms with van der Waals surface area (Å²) in [5.74, 6) is 0.911. The molecule has 3 heteroatoms. The fraction of sp³-hybridized carbons (Fsp3) is 0.647. The molecule has 112 valence electrons. The molecule has 20 heavy (non-hydrogen) atoms. The molecule has 0 heterocycles. The van der Waals surface area contributed by atoms with Crippen LogP contribution in [0.5, 0.6) is 0 Å². The summed E-state index contributed by atoms with van der Waals surface area (Å²) in [4.78, 5) is 2.47. The van der Waals surface area contributed by atoms with Crippen molar-refractivity contribution in [2.75, 3.05) is 18.5 Å². The van der Waals surface area contributed by atoms with Gasteiger partial charge in [0.25, 0.3) is 0 Å². The molecule has 1 aromatic rings. The van der Waals surface area contributed by atoms with Gasteiger partial charge in [-0.25, -0.2) is 0 Å². The van der Waals surface area contributed by atoms with E-state index in [1.165, 1.54) is 41.4 Å². The maximum absolute atomic E-state index is 3.71. The van der Waals surface area contributed by atoms with Crippen LogP contribution in [-0.2, 0) is 6.54 Å². The molecule has 0 aliphatic heterocycles. The van der Waals surface area contributed by atoms with E-state index in [0.29, 0.717) is 6.04 Å². The molecule has 0 radical (unpaired) electrons. The van der Waals surface area contributed by atoms with Gasteiger partial charge in [-0.3, -0.25) is 0 Å². The molecule has 0 atom stereocenters. The topological polar surface area (TPSA) is 15.3 Å². The minimum absolute atomic E-state index is 0.706. The molecule has 0 unspecified atom stereocenters. The minimum Gasteiger partial charge on any atom is -0.372 e. The van der Waals surface area contributed by atoms with E-state index in [2.05, 4.69) is 65.2 Å². The monoisotopic (exact) mass is 338 g/mol. The summed E-state index contributed by atoms with van der Waals surface area (Å²) >= 11 is 3.71. The average Bonchev–Trinajstić information content (AvgIpc) is 2.46. The second kappa shape index (κ2) is 7.46. The molecule has 1 aromatic carbocycles. The van der Waals surface area contributed by atoms with Gasteiger partial charge in [0.1, 0.15) is 0 Å². The highest BCUT2D eigenvalue weighted by molar-refractivity contribution is 9.10. The number of hydrogen-bond donors (Lipinski definition) is 1. The highest BCUT2D eigenvalue weighted by Crippen LogP contribution is 2.31. The van der Waals surface area contributed by atoms with E-state index in [1.807, 2.05) is 0 Å². The predicted molar refractivity (Wildman–Crippen MR) is 91.3 cm³/mol. The van der Waals surface area contributed by atoms with Crippen LogP contribution in [0.4, 0.5) is 5.69 Å². The molecule has 1 aliphatic carbocycles. The summed E-state index contributed by atoms with van der Waals surface area (Å²) in [6.07, 6.45) is 5.40. The third kappa shape index (κ3) is 3.98. The lowest BCUT2D eigenvalue weighted by atomic mass is 9.86. The molecule has 0 spiro atoms. The van der Waals surface area contributed by atoms with Crippen molar-refractivity contribution in [1.29, 1.82) is 0 Å². The second-order valence-electron chi connectivity index (χ2n) is 6.08. The fourth-order valence-electron chi connectivity index (χ4n) is 3.00. The maximum Gasteiger partial charge on any atom is 0.0377 e. The Hall–Kier alpha value is -0.540. The van der Waals surface area contributed by atoms with Crippen LogP contribution in [0.15, 0.2) is 22.7 Å². The molecule has 2 rings (SSSR count). The van der Waals surface area contributed by atoms with Gasteiger partial charge in [-0.1, -0.05) is 35.8 Å². The van der Waals surface area contributed by atoms with E-state index in [1.54, 1.807) is 0 Å². The van der Waals surface area contributed by atoms with Gasteiger partial charge < -0.3 is 10.2 Å². The average molecular weight is 339 g/mol. The van der Waals surface area contributed by atoms with E-state index in [0.717, 1.165) is 19.0 Å². The smallest absolute Gasteiger partial charge is 0.0377 e. The van der Waals surface area contributed by atoms with Crippen molar-refractivity contribution in [3.63, 3.8) is 0 Å². The van der Waals surface area contributed by atoms with E-state index in [4.69, 9.17) is 0 Å². The van der Waals surface area contributed by atoms with E-state index < -0.39 is 0 Å². The van der Waals surface area contributed by atoms with E-state index >= 15 is 0 Å². The first-order chi connectivity index (χ1) is 9.61. The third-order valence-electron chi connectivity index (χ3n) is 4.54. The van der Waals surface area contributed by atoms with Crippen molar-refractivity contribution < 1.29 is 0 Å². The SMILES string of the molecule is CCNCc1ccc(N(C)C2CCC(C)CC2)cc1Br.